The fourth-order valence-electron chi connectivity index (χ4n) is 1.76. The summed E-state index contributed by atoms with van der Waals surface area (Å²) in [5.41, 5.74) is 0.914. The molecule has 11 heavy (non-hydrogen) atoms. The van der Waals surface area contributed by atoms with E-state index < -0.39 is 0 Å². The normalized spacial score (nSPS) is 33.3. The Balaban J connectivity index is 2.42. The van der Waals surface area contributed by atoms with E-state index in [9.17, 15) is 0 Å². The van der Waals surface area contributed by atoms with E-state index in [0.29, 0.717) is 5.04 Å². The van der Waals surface area contributed by atoms with Crippen LogP contribution in [-0.4, -0.2) is 28.2 Å². The first-order chi connectivity index (χ1) is 5.33. The Bertz CT molecular complexity index is 107. The SMILES string of the molecule is CCC1([SiH2]CCl)CCCOC1. The van der Waals surface area contributed by atoms with Crippen molar-refractivity contribution >= 4 is 21.1 Å². The van der Waals surface area contributed by atoms with Crippen LogP contribution in [-0.2, 0) is 4.74 Å². The van der Waals surface area contributed by atoms with Gasteiger partial charge in [0.1, 0.15) is 0 Å². The average molecular weight is 193 g/mol. The van der Waals surface area contributed by atoms with Crippen LogP contribution in [0, 0.1) is 0 Å². The molecule has 0 radical (unpaired) electrons. The van der Waals surface area contributed by atoms with Crippen LogP contribution in [0.5, 0.6) is 0 Å². The fourth-order valence-corrected chi connectivity index (χ4v) is 4.51. The average Bonchev–Trinajstić information content (AvgIpc) is 2.07. The van der Waals surface area contributed by atoms with Gasteiger partial charge in [0, 0.05) is 28.2 Å². The summed E-state index contributed by atoms with van der Waals surface area (Å²) < 4.78 is 5.50. The molecule has 1 rings (SSSR count). The molecule has 0 spiro atoms. The second-order valence-corrected chi connectivity index (χ2v) is 6.96. The van der Waals surface area contributed by atoms with Gasteiger partial charge in [0.2, 0.25) is 0 Å². The first-order valence-corrected chi connectivity index (χ1v) is 6.71. The van der Waals surface area contributed by atoms with Crippen LogP contribution in [0.2, 0.25) is 5.04 Å². The van der Waals surface area contributed by atoms with Crippen molar-refractivity contribution in [3.63, 3.8) is 0 Å². The van der Waals surface area contributed by atoms with E-state index in [2.05, 4.69) is 6.92 Å². The molecule has 1 heterocycles. The third-order valence-corrected chi connectivity index (χ3v) is 5.65. The zero-order chi connectivity index (χ0) is 8.16. The topological polar surface area (TPSA) is 9.23 Å². The van der Waals surface area contributed by atoms with Gasteiger partial charge >= 0.3 is 0 Å². The maximum absolute atomic E-state index is 5.81. The van der Waals surface area contributed by atoms with Crippen molar-refractivity contribution in [3.05, 3.63) is 0 Å². The van der Waals surface area contributed by atoms with Crippen molar-refractivity contribution in [3.8, 4) is 0 Å². The summed E-state index contributed by atoms with van der Waals surface area (Å²) in [6.07, 6.45) is 3.88. The molecule has 1 atom stereocenters. The van der Waals surface area contributed by atoms with Gasteiger partial charge in [0.25, 0.3) is 0 Å². The molecule has 0 aromatic carbocycles. The molecule has 1 aliphatic rings. The molecule has 1 saturated heterocycles. The van der Waals surface area contributed by atoms with Crippen LogP contribution in [0.15, 0.2) is 0 Å². The summed E-state index contributed by atoms with van der Waals surface area (Å²) in [6.45, 7) is 4.23. The Kier molecular flexibility index (Phi) is 3.89. The molecule has 1 nitrogen and oxygen atoms in total. The van der Waals surface area contributed by atoms with Crippen LogP contribution < -0.4 is 0 Å². The third-order valence-electron chi connectivity index (χ3n) is 2.78. The van der Waals surface area contributed by atoms with Crippen LogP contribution in [0.3, 0.4) is 0 Å². The van der Waals surface area contributed by atoms with Crippen molar-refractivity contribution in [2.75, 3.05) is 18.7 Å². The molecule has 1 unspecified atom stereocenters. The molecule has 0 amide bonds. The highest BCUT2D eigenvalue weighted by Crippen LogP contribution is 2.38. The van der Waals surface area contributed by atoms with E-state index >= 15 is 0 Å². The van der Waals surface area contributed by atoms with Gasteiger partial charge in [0.15, 0.2) is 0 Å². The number of rotatable bonds is 3. The molecule has 0 saturated carbocycles. The second-order valence-electron chi connectivity index (χ2n) is 3.45. The number of ether oxygens (including phenoxy) is 1. The Morgan fingerprint density at radius 2 is 2.45 bits per heavy atom. The van der Waals surface area contributed by atoms with E-state index in [1.807, 2.05) is 0 Å². The molecule has 0 aromatic rings. The highest BCUT2D eigenvalue weighted by Gasteiger charge is 2.30. The maximum Gasteiger partial charge on any atom is 0.0493 e. The van der Waals surface area contributed by atoms with Gasteiger partial charge in [-0.3, -0.25) is 0 Å². The van der Waals surface area contributed by atoms with Crippen molar-refractivity contribution in [2.45, 2.75) is 31.2 Å². The second kappa shape index (κ2) is 4.48. The van der Waals surface area contributed by atoms with Gasteiger partial charge in [-0.05, 0) is 17.9 Å². The minimum atomic E-state index is -0.0905. The molecule has 66 valence electrons. The molecular formula is C8H17ClOSi. The summed E-state index contributed by atoms with van der Waals surface area (Å²) in [5, 5.41) is 0.556. The van der Waals surface area contributed by atoms with Gasteiger partial charge in [0.05, 0.1) is 0 Å². The summed E-state index contributed by atoms with van der Waals surface area (Å²) in [6, 6.07) is 0. The first-order valence-electron chi connectivity index (χ1n) is 4.47. The number of hydrogen-bond donors (Lipinski definition) is 0. The van der Waals surface area contributed by atoms with E-state index in [1.165, 1.54) is 19.3 Å². The summed E-state index contributed by atoms with van der Waals surface area (Å²) >= 11 is 5.81. The van der Waals surface area contributed by atoms with Gasteiger partial charge < -0.3 is 4.74 Å². The van der Waals surface area contributed by atoms with E-state index in [-0.39, 0.29) is 9.52 Å². The third kappa shape index (κ3) is 2.46. The zero-order valence-electron chi connectivity index (χ0n) is 7.24. The van der Waals surface area contributed by atoms with E-state index in [4.69, 9.17) is 16.3 Å². The lowest BCUT2D eigenvalue weighted by molar-refractivity contribution is 0.0606. The molecule has 1 fully saturated rings. The summed E-state index contributed by atoms with van der Waals surface area (Å²) in [4.78, 5) is 0. The molecule has 1 aliphatic heterocycles. The zero-order valence-corrected chi connectivity index (χ0v) is 9.41. The quantitative estimate of drug-likeness (QED) is 0.489. The largest absolute Gasteiger partial charge is 0.381 e. The molecular weight excluding hydrogens is 176 g/mol. The minimum Gasteiger partial charge on any atom is -0.381 e. The van der Waals surface area contributed by atoms with Crippen LogP contribution in [0.25, 0.3) is 0 Å². The van der Waals surface area contributed by atoms with Gasteiger partial charge in [-0.1, -0.05) is 13.3 Å². The van der Waals surface area contributed by atoms with Crippen LogP contribution >= 0.6 is 11.6 Å². The number of alkyl halides is 1. The van der Waals surface area contributed by atoms with Crippen LogP contribution in [0.1, 0.15) is 26.2 Å². The highest BCUT2D eigenvalue weighted by atomic mass is 35.5. The molecule has 0 bridgehead atoms. The lowest BCUT2D eigenvalue weighted by Crippen LogP contribution is -2.31. The predicted molar refractivity (Wildman–Crippen MR) is 52.3 cm³/mol. The summed E-state index contributed by atoms with van der Waals surface area (Å²) in [5.74, 6) is 0. The van der Waals surface area contributed by atoms with Gasteiger partial charge in [-0.2, -0.15) is 0 Å². The van der Waals surface area contributed by atoms with Crippen molar-refractivity contribution in [1.82, 2.24) is 0 Å². The van der Waals surface area contributed by atoms with E-state index in [0.717, 1.165) is 18.7 Å². The van der Waals surface area contributed by atoms with Crippen molar-refractivity contribution in [1.29, 1.82) is 0 Å². The molecule has 0 aromatic heterocycles. The minimum absolute atomic E-state index is 0.0905. The number of halogens is 1. The number of hydrogen-bond acceptors (Lipinski definition) is 1. The maximum atomic E-state index is 5.81. The molecule has 0 N–H and O–H groups in total. The van der Waals surface area contributed by atoms with Crippen molar-refractivity contribution in [2.24, 2.45) is 0 Å². The summed E-state index contributed by atoms with van der Waals surface area (Å²) in [7, 11) is -0.0905. The van der Waals surface area contributed by atoms with Gasteiger partial charge in [-0.15, -0.1) is 11.6 Å². The fraction of sp³-hybridized carbons (Fsp3) is 1.00. The Morgan fingerprint density at radius 3 is 2.91 bits per heavy atom. The van der Waals surface area contributed by atoms with Crippen molar-refractivity contribution < 1.29 is 4.74 Å². The molecule has 0 aliphatic carbocycles. The Morgan fingerprint density at radius 1 is 1.64 bits per heavy atom. The predicted octanol–water partition coefficient (Wildman–Crippen LogP) is 1.73. The molecule has 3 heteroatoms. The Labute approximate surface area is 76.3 Å². The highest BCUT2D eigenvalue weighted by molar-refractivity contribution is 6.53. The smallest absolute Gasteiger partial charge is 0.0493 e. The monoisotopic (exact) mass is 192 g/mol. The Hall–Kier alpha value is 0.467. The standard InChI is InChI=1S/C8H17ClOSi/c1-2-8(11-7-9)4-3-5-10-6-8/h2-7,11H2,1H3. The lowest BCUT2D eigenvalue weighted by Gasteiger charge is -2.35. The first kappa shape index (κ1) is 9.55. The van der Waals surface area contributed by atoms with Crippen LogP contribution in [0.4, 0.5) is 0 Å². The van der Waals surface area contributed by atoms with Gasteiger partial charge in [-0.25, -0.2) is 0 Å². The van der Waals surface area contributed by atoms with E-state index in [1.54, 1.807) is 0 Å². The lowest BCUT2D eigenvalue weighted by atomic mass is 9.98.